The maximum atomic E-state index is 9.97. The van der Waals surface area contributed by atoms with Gasteiger partial charge in [-0.25, -0.2) is 0 Å². The number of hydrogen-bond acceptors (Lipinski definition) is 4. The number of nitrogens with zero attached hydrogens (tertiary/aromatic N) is 2. The Labute approximate surface area is 125 Å². The molecule has 2 rings (SSSR count). The topological polar surface area (TPSA) is 56.5 Å². The molecule has 0 saturated heterocycles. The molecule has 0 radical (unpaired) electrons. The van der Waals surface area contributed by atoms with Gasteiger partial charge >= 0.3 is 0 Å². The lowest BCUT2D eigenvalue weighted by molar-refractivity contribution is -0.0364. The largest absolute Gasteiger partial charge is 0.389 e. The fourth-order valence-electron chi connectivity index (χ4n) is 2.07. The highest BCUT2D eigenvalue weighted by Crippen LogP contribution is 2.17. The smallest absolute Gasteiger partial charge is 0.0969 e. The van der Waals surface area contributed by atoms with E-state index in [1.807, 2.05) is 43.5 Å². The Morgan fingerprint density at radius 1 is 1.19 bits per heavy atom. The maximum absolute atomic E-state index is 9.97. The molecule has 21 heavy (non-hydrogen) atoms. The van der Waals surface area contributed by atoms with Crippen LogP contribution in [0.3, 0.4) is 0 Å². The van der Waals surface area contributed by atoms with E-state index in [1.54, 1.807) is 18.0 Å². The summed E-state index contributed by atoms with van der Waals surface area (Å²) in [7, 11) is 1.63. The highest BCUT2D eigenvalue weighted by Gasteiger charge is 2.10. The molecule has 0 aliphatic carbocycles. The van der Waals surface area contributed by atoms with Crippen LogP contribution in [0.4, 0.5) is 0 Å². The highest BCUT2D eigenvalue weighted by atomic mass is 16.5. The van der Waals surface area contributed by atoms with E-state index in [4.69, 9.17) is 9.47 Å². The quantitative estimate of drug-likeness (QED) is 0.807. The summed E-state index contributed by atoms with van der Waals surface area (Å²) in [5, 5.41) is 14.2. The van der Waals surface area contributed by atoms with Gasteiger partial charge in [0.05, 0.1) is 38.2 Å². The zero-order chi connectivity index (χ0) is 15.1. The van der Waals surface area contributed by atoms with Gasteiger partial charge in [-0.1, -0.05) is 30.3 Å². The van der Waals surface area contributed by atoms with Crippen LogP contribution in [-0.4, -0.2) is 47.4 Å². The molecule has 5 nitrogen and oxygen atoms in total. The molecule has 1 heterocycles. The standard InChI is InChI=1S/C16H22N2O3/c1-13(11-20-2)21-12-16(19)10-18-9-15(8-17-18)14-6-4-3-5-7-14/h3-9,13,16,19H,10-12H2,1-2H3. The molecular weight excluding hydrogens is 268 g/mol. The first-order valence-corrected chi connectivity index (χ1v) is 7.05. The molecule has 114 valence electrons. The lowest BCUT2D eigenvalue weighted by Gasteiger charge is -2.15. The molecule has 1 aromatic heterocycles. The number of benzene rings is 1. The Hall–Kier alpha value is -1.69. The molecule has 1 N–H and O–H groups in total. The number of ether oxygens (including phenoxy) is 2. The van der Waals surface area contributed by atoms with Gasteiger partial charge in [0.1, 0.15) is 0 Å². The van der Waals surface area contributed by atoms with E-state index in [0.717, 1.165) is 11.1 Å². The molecule has 0 saturated carbocycles. The van der Waals surface area contributed by atoms with Crippen molar-refractivity contribution in [1.29, 1.82) is 0 Å². The average Bonchev–Trinajstić information content (AvgIpc) is 2.95. The molecule has 1 aromatic carbocycles. The first-order chi connectivity index (χ1) is 10.2. The summed E-state index contributed by atoms with van der Waals surface area (Å²) in [4.78, 5) is 0. The molecule has 0 amide bonds. The monoisotopic (exact) mass is 290 g/mol. The lowest BCUT2D eigenvalue weighted by Crippen LogP contribution is -2.26. The molecule has 0 bridgehead atoms. The number of rotatable bonds is 8. The molecule has 2 atom stereocenters. The number of hydrogen-bond donors (Lipinski definition) is 1. The van der Waals surface area contributed by atoms with Gasteiger partial charge in [0.25, 0.3) is 0 Å². The van der Waals surface area contributed by atoms with Gasteiger partial charge in [-0.15, -0.1) is 0 Å². The molecule has 0 aliphatic rings. The molecule has 2 unspecified atom stereocenters. The first-order valence-electron chi connectivity index (χ1n) is 7.05. The van der Waals surface area contributed by atoms with E-state index in [1.165, 1.54) is 0 Å². The molecule has 0 spiro atoms. The second-order valence-electron chi connectivity index (χ2n) is 5.07. The third-order valence-electron chi connectivity index (χ3n) is 3.11. The van der Waals surface area contributed by atoms with Crippen LogP contribution in [0.1, 0.15) is 6.92 Å². The van der Waals surface area contributed by atoms with Crippen LogP contribution < -0.4 is 0 Å². The normalized spacial score (nSPS) is 14.0. The summed E-state index contributed by atoms with van der Waals surface area (Å²) >= 11 is 0. The summed E-state index contributed by atoms with van der Waals surface area (Å²) < 4.78 is 12.2. The minimum absolute atomic E-state index is 0.0258. The van der Waals surface area contributed by atoms with Crippen LogP contribution in [0.25, 0.3) is 11.1 Å². The molecular formula is C16H22N2O3. The summed E-state index contributed by atoms with van der Waals surface area (Å²) in [6.07, 6.45) is 3.11. The van der Waals surface area contributed by atoms with Crippen LogP contribution in [0.2, 0.25) is 0 Å². The van der Waals surface area contributed by atoms with Crippen molar-refractivity contribution in [2.45, 2.75) is 25.7 Å². The van der Waals surface area contributed by atoms with Gasteiger partial charge in [0.2, 0.25) is 0 Å². The maximum Gasteiger partial charge on any atom is 0.0969 e. The SMILES string of the molecule is COCC(C)OCC(O)Cn1cc(-c2ccccc2)cn1. The van der Waals surface area contributed by atoms with Crippen LogP contribution >= 0.6 is 0 Å². The third-order valence-corrected chi connectivity index (χ3v) is 3.11. The summed E-state index contributed by atoms with van der Waals surface area (Å²) in [6, 6.07) is 10.0. The van der Waals surface area contributed by atoms with Crippen molar-refractivity contribution in [3.8, 4) is 11.1 Å². The van der Waals surface area contributed by atoms with Gasteiger partial charge in [-0.3, -0.25) is 4.68 Å². The van der Waals surface area contributed by atoms with Gasteiger partial charge < -0.3 is 14.6 Å². The minimum atomic E-state index is -0.590. The van der Waals surface area contributed by atoms with Crippen molar-refractivity contribution in [1.82, 2.24) is 9.78 Å². The predicted molar refractivity (Wildman–Crippen MR) is 81.0 cm³/mol. The Morgan fingerprint density at radius 2 is 1.95 bits per heavy atom. The number of methoxy groups -OCH3 is 1. The van der Waals surface area contributed by atoms with Gasteiger partial charge in [-0.2, -0.15) is 5.10 Å². The van der Waals surface area contributed by atoms with Crippen molar-refractivity contribution in [3.63, 3.8) is 0 Å². The third kappa shape index (κ3) is 4.97. The molecule has 5 heteroatoms. The zero-order valence-corrected chi connectivity index (χ0v) is 12.5. The van der Waals surface area contributed by atoms with Crippen molar-refractivity contribution in [2.24, 2.45) is 0 Å². The Morgan fingerprint density at radius 3 is 2.67 bits per heavy atom. The summed E-state index contributed by atoms with van der Waals surface area (Å²) in [5.74, 6) is 0. The predicted octanol–water partition coefficient (Wildman–Crippen LogP) is 1.96. The van der Waals surface area contributed by atoms with Crippen LogP contribution in [0.5, 0.6) is 0 Å². The number of aliphatic hydroxyl groups is 1. The van der Waals surface area contributed by atoms with E-state index in [2.05, 4.69) is 5.10 Å². The fraction of sp³-hybridized carbons (Fsp3) is 0.438. The second kappa shape index (κ2) is 7.93. The minimum Gasteiger partial charge on any atom is -0.389 e. The Balaban J connectivity index is 1.85. The zero-order valence-electron chi connectivity index (χ0n) is 12.5. The van der Waals surface area contributed by atoms with E-state index in [0.29, 0.717) is 13.2 Å². The summed E-state index contributed by atoms with van der Waals surface area (Å²) in [5.41, 5.74) is 2.15. The van der Waals surface area contributed by atoms with E-state index in [9.17, 15) is 5.11 Å². The molecule has 2 aromatic rings. The van der Waals surface area contributed by atoms with Crippen molar-refractivity contribution in [3.05, 3.63) is 42.7 Å². The molecule has 0 fully saturated rings. The van der Waals surface area contributed by atoms with Gasteiger partial charge in [-0.05, 0) is 12.5 Å². The Bertz CT molecular complexity index is 527. The average molecular weight is 290 g/mol. The summed E-state index contributed by atoms with van der Waals surface area (Å²) in [6.45, 7) is 3.11. The first kappa shape index (κ1) is 15.7. The molecule has 0 aliphatic heterocycles. The van der Waals surface area contributed by atoms with Gasteiger partial charge in [0, 0.05) is 18.9 Å². The number of aromatic nitrogens is 2. The Kier molecular flexibility index (Phi) is 5.92. The number of aliphatic hydroxyl groups excluding tert-OH is 1. The van der Waals surface area contributed by atoms with Crippen LogP contribution in [-0.2, 0) is 16.0 Å². The van der Waals surface area contributed by atoms with E-state index >= 15 is 0 Å². The van der Waals surface area contributed by atoms with Crippen molar-refractivity contribution < 1.29 is 14.6 Å². The van der Waals surface area contributed by atoms with Crippen molar-refractivity contribution in [2.75, 3.05) is 20.3 Å². The van der Waals surface area contributed by atoms with Crippen LogP contribution in [0.15, 0.2) is 42.7 Å². The van der Waals surface area contributed by atoms with E-state index < -0.39 is 6.10 Å². The fourth-order valence-corrected chi connectivity index (χ4v) is 2.07. The highest BCUT2D eigenvalue weighted by molar-refractivity contribution is 5.61. The lowest BCUT2D eigenvalue weighted by atomic mass is 10.1. The second-order valence-corrected chi connectivity index (χ2v) is 5.07. The van der Waals surface area contributed by atoms with Crippen LogP contribution in [0, 0.1) is 0 Å². The van der Waals surface area contributed by atoms with E-state index in [-0.39, 0.29) is 12.7 Å². The van der Waals surface area contributed by atoms with Gasteiger partial charge in [0.15, 0.2) is 0 Å². The van der Waals surface area contributed by atoms with Crippen molar-refractivity contribution >= 4 is 0 Å².